The number of benzene rings is 1. The summed E-state index contributed by atoms with van der Waals surface area (Å²) in [5, 5.41) is 6.72. The van der Waals surface area contributed by atoms with Gasteiger partial charge in [0.2, 0.25) is 5.91 Å². The number of rotatable bonds is 4. The minimum atomic E-state index is -0.206. The number of nitrogens with zero attached hydrogens (tertiary/aromatic N) is 3. The first-order valence-corrected chi connectivity index (χ1v) is 5.19. The van der Waals surface area contributed by atoms with Crippen molar-refractivity contribution in [3.63, 3.8) is 0 Å². The van der Waals surface area contributed by atoms with Gasteiger partial charge in [-0.25, -0.2) is 9.67 Å². The molecule has 0 saturated carbocycles. The highest BCUT2D eigenvalue weighted by Gasteiger charge is 2.01. The van der Waals surface area contributed by atoms with E-state index in [-0.39, 0.29) is 12.5 Å². The van der Waals surface area contributed by atoms with E-state index >= 15 is 0 Å². The topological polar surface area (TPSA) is 85.8 Å². The highest BCUT2D eigenvalue weighted by Crippen LogP contribution is 2.11. The molecule has 0 atom stereocenters. The number of carbonyl (C=O) groups is 1. The fraction of sp³-hybridized carbons (Fsp3) is 0.182. The maximum Gasteiger partial charge on any atom is 0.238 e. The maximum atomic E-state index is 11.1. The summed E-state index contributed by atoms with van der Waals surface area (Å²) in [4.78, 5) is 15.0. The Hall–Kier alpha value is -2.21. The van der Waals surface area contributed by atoms with Gasteiger partial charge in [-0.3, -0.25) is 4.79 Å². The molecule has 2 aromatic rings. The van der Waals surface area contributed by atoms with Gasteiger partial charge in [0.25, 0.3) is 0 Å². The highest BCUT2D eigenvalue weighted by molar-refractivity contribution is 5.92. The average molecular weight is 231 g/mol. The van der Waals surface area contributed by atoms with Gasteiger partial charge in [-0.2, -0.15) is 5.10 Å². The SMILES string of the molecule is NCC(=O)Nc1cccc(Cn2cncn2)c1. The Labute approximate surface area is 98.5 Å². The third-order valence-electron chi connectivity index (χ3n) is 2.21. The summed E-state index contributed by atoms with van der Waals surface area (Å²) < 4.78 is 1.71. The first-order chi connectivity index (χ1) is 8.28. The van der Waals surface area contributed by atoms with Crippen molar-refractivity contribution in [2.75, 3.05) is 11.9 Å². The number of anilines is 1. The van der Waals surface area contributed by atoms with Crippen molar-refractivity contribution >= 4 is 11.6 Å². The second-order valence-electron chi connectivity index (χ2n) is 3.55. The van der Waals surface area contributed by atoms with Crippen LogP contribution < -0.4 is 11.1 Å². The summed E-state index contributed by atoms with van der Waals surface area (Å²) in [5.41, 5.74) is 7.00. The monoisotopic (exact) mass is 231 g/mol. The predicted octanol–water partition coefficient (Wildman–Crippen LogP) is 0.224. The van der Waals surface area contributed by atoms with Gasteiger partial charge in [0, 0.05) is 5.69 Å². The van der Waals surface area contributed by atoms with E-state index in [4.69, 9.17) is 5.73 Å². The molecule has 0 bridgehead atoms. The van der Waals surface area contributed by atoms with Gasteiger partial charge >= 0.3 is 0 Å². The van der Waals surface area contributed by atoms with E-state index in [9.17, 15) is 4.79 Å². The van der Waals surface area contributed by atoms with Gasteiger partial charge in [0.15, 0.2) is 0 Å². The van der Waals surface area contributed by atoms with Crippen molar-refractivity contribution in [3.8, 4) is 0 Å². The normalized spacial score (nSPS) is 10.2. The number of nitrogens with two attached hydrogens (primary N) is 1. The molecule has 0 unspecified atom stereocenters. The van der Waals surface area contributed by atoms with Crippen LogP contribution in [0.5, 0.6) is 0 Å². The number of carbonyl (C=O) groups excluding carboxylic acids is 1. The van der Waals surface area contributed by atoms with Crippen molar-refractivity contribution in [2.24, 2.45) is 5.73 Å². The van der Waals surface area contributed by atoms with Crippen molar-refractivity contribution in [1.82, 2.24) is 14.8 Å². The van der Waals surface area contributed by atoms with E-state index in [0.717, 1.165) is 11.3 Å². The molecule has 88 valence electrons. The summed E-state index contributed by atoms with van der Waals surface area (Å²) >= 11 is 0. The molecular weight excluding hydrogens is 218 g/mol. The molecule has 0 fully saturated rings. The van der Waals surface area contributed by atoms with Crippen LogP contribution in [-0.2, 0) is 11.3 Å². The van der Waals surface area contributed by atoms with Gasteiger partial charge in [-0.1, -0.05) is 12.1 Å². The predicted molar refractivity (Wildman–Crippen MR) is 63.3 cm³/mol. The van der Waals surface area contributed by atoms with E-state index in [0.29, 0.717) is 6.54 Å². The van der Waals surface area contributed by atoms with Crippen LogP contribution >= 0.6 is 0 Å². The summed E-state index contributed by atoms with van der Waals surface area (Å²) in [6.45, 7) is 0.597. The van der Waals surface area contributed by atoms with Crippen molar-refractivity contribution in [3.05, 3.63) is 42.5 Å². The minimum absolute atomic E-state index is 0.0205. The van der Waals surface area contributed by atoms with Crippen LogP contribution in [-0.4, -0.2) is 27.2 Å². The van der Waals surface area contributed by atoms with Crippen LogP contribution in [0.3, 0.4) is 0 Å². The molecule has 0 aliphatic rings. The zero-order chi connectivity index (χ0) is 12.1. The Kier molecular flexibility index (Phi) is 3.46. The number of aromatic nitrogens is 3. The second-order valence-corrected chi connectivity index (χ2v) is 3.55. The molecular formula is C11H13N5O. The molecule has 6 heteroatoms. The number of hydrogen-bond donors (Lipinski definition) is 2. The second kappa shape index (κ2) is 5.22. The molecule has 1 aromatic carbocycles. The molecule has 17 heavy (non-hydrogen) atoms. The Bertz CT molecular complexity index is 494. The van der Waals surface area contributed by atoms with Gasteiger partial charge < -0.3 is 11.1 Å². The van der Waals surface area contributed by atoms with Gasteiger partial charge in [-0.05, 0) is 17.7 Å². The van der Waals surface area contributed by atoms with E-state index in [1.54, 1.807) is 11.0 Å². The van der Waals surface area contributed by atoms with E-state index < -0.39 is 0 Å². The van der Waals surface area contributed by atoms with Crippen molar-refractivity contribution < 1.29 is 4.79 Å². The molecule has 0 aliphatic heterocycles. The van der Waals surface area contributed by atoms with Crippen LogP contribution in [0.25, 0.3) is 0 Å². The summed E-state index contributed by atoms with van der Waals surface area (Å²) in [5.74, 6) is -0.206. The fourth-order valence-corrected chi connectivity index (χ4v) is 1.46. The lowest BCUT2D eigenvalue weighted by atomic mass is 10.2. The van der Waals surface area contributed by atoms with Gasteiger partial charge in [-0.15, -0.1) is 0 Å². The fourth-order valence-electron chi connectivity index (χ4n) is 1.46. The minimum Gasteiger partial charge on any atom is -0.325 e. The largest absolute Gasteiger partial charge is 0.325 e. The lowest BCUT2D eigenvalue weighted by Crippen LogP contribution is -2.21. The first-order valence-electron chi connectivity index (χ1n) is 5.19. The van der Waals surface area contributed by atoms with Crippen LogP contribution in [0, 0.1) is 0 Å². The van der Waals surface area contributed by atoms with Crippen molar-refractivity contribution in [1.29, 1.82) is 0 Å². The molecule has 2 rings (SSSR count). The standard InChI is InChI=1S/C11H13N5O/c12-5-11(17)15-10-3-1-2-9(4-10)6-16-8-13-7-14-16/h1-4,7-8H,5-6,12H2,(H,15,17). The van der Waals surface area contributed by atoms with Crippen LogP contribution in [0.1, 0.15) is 5.56 Å². The van der Waals surface area contributed by atoms with Crippen molar-refractivity contribution in [2.45, 2.75) is 6.54 Å². The smallest absolute Gasteiger partial charge is 0.238 e. The van der Waals surface area contributed by atoms with Crippen LogP contribution in [0.4, 0.5) is 5.69 Å². The summed E-state index contributed by atoms with van der Waals surface area (Å²) in [6.07, 6.45) is 3.13. The Morgan fingerprint density at radius 1 is 1.47 bits per heavy atom. The lowest BCUT2D eigenvalue weighted by molar-refractivity contribution is -0.114. The van der Waals surface area contributed by atoms with Crippen LogP contribution in [0.15, 0.2) is 36.9 Å². The number of amides is 1. The summed E-state index contributed by atoms with van der Waals surface area (Å²) in [7, 11) is 0. The lowest BCUT2D eigenvalue weighted by Gasteiger charge is -2.06. The zero-order valence-electron chi connectivity index (χ0n) is 9.21. The third-order valence-corrected chi connectivity index (χ3v) is 2.21. The third kappa shape index (κ3) is 3.12. The Morgan fingerprint density at radius 2 is 2.35 bits per heavy atom. The quantitative estimate of drug-likeness (QED) is 0.788. The van der Waals surface area contributed by atoms with E-state index in [1.165, 1.54) is 6.33 Å². The molecule has 6 nitrogen and oxygen atoms in total. The Morgan fingerprint density at radius 3 is 3.06 bits per heavy atom. The average Bonchev–Trinajstić information content (AvgIpc) is 2.82. The molecule has 0 saturated heterocycles. The zero-order valence-corrected chi connectivity index (χ0v) is 9.21. The summed E-state index contributed by atoms with van der Waals surface area (Å²) in [6, 6.07) is 7.53. The number of nitrogens with one attached hydrogen (secondary N) is 1. The molecule has 1 amide bonds. The molecule has 3 N–H and O–H groups in total. The van der Waals surface area contributed by atoms with Gasteiger partial charge in [0.1, 0.15) is 12.7 Å². The molecule has 0 aliphatic carbocycles. The van der Waals surface area contributed by atoms with Gasteiger partial charge in [0.05, 0.1) is 13.1 Å². The van der Waals surface area contributed by atoms with E-state index in [1.807, 2.05) is 24.3 Å². The highest BCUT2D eigenvalue weighted by atomic mass is 16.1. The molecule has 0 spiro atoms. The molecule has 0 radical (unpaired) electrons. The first kappa shape index (κ1) is 11.3. The maximum absolute atomic E-state index is 11.1. The van der Waals surface area contributed by atoms with E-state index in [2.05, 4.69) is 15.4 Å². The molecule has 1 aromatic heterocycles. The van der Waals surface area contributed by atoms with Crippen LogP contribution in [0.2, 0.25) is 0 Å². The Balaban J connectivity index is 2.08. The molecule has 1 heterocycles. The number of hydrogen-bond acceptors (Lipinski definition) is 4.